The van der Waals surface area contributed by atoms with Crippen molar-refractivity contribution in [1.29, 1.82) is 0 Å². The standard InChI is InChI=1S/C24H30N4O/c1-2-7-21-22(8-3-1)26-23-13-14-25-28(23)24(21)19-9-11-20(12-10-19)29-18-6-17-27-15-4-5-16-27/h9-14H,1-8,15-18H2. The van der Waals surface area contributed by atoms with E-state index in [4.69, 9.17) is 9.72 Å². The van der Waals surface area contributed by atoms with Crippen LogP contribution in [-0.2, 0) is 12.8 Å². The van der Waals surface area contributed by atoms with Gasteiger partial charge in [-0.25, -0.2) is 9.50 Å². The van der Waals surface area contributed by atoms with E-state index in [1.165, 1.54) is 67.7 Å². The molecular weight excluding hydrogens is 360 g/mol. The predicted molar refractivity (Wildman–Crippen MR) is 115 cm³/mol. The lowest BCUT2D eigenvalue weighted by atomic mass is 10.0. The first kappa shape index (κ1) is 18.6. The van der Waals surface area contributed by atoms with Crippen LogP contribution in [-0.4, -0.2) is 45.7 Å². The van der Waals surface area contributed by atoms with E-state index in [0.717, 1.165) is 43.8 Å². The van der Waals surface area contributed by atoms with E-state index in [1.807, 2.05) is 16.8 Å². The van der Waals surface area contributed by atoms with Crippen LogP contribution >= 0.6 is 0 Å². The van der Waals surface area contributed by atoms with Crippen LogP contribution in [0.1, 0.15) is 49.8 Å². The summed E-state index contributed by atoms with van der Waals surface area (Å²) in [7, 11) is 0. The van der Waals surface area contributed by atoms with Crippen molar-refractivity contribution in [3.8, 4) is 17.0 Å². The highest BCUT2D eigenvalue weighted by Crippen LogP contribution is 2.31. The van der Waals surface area contributed by atoms with Crippen LogP contribution in [0.5, 0.6) is 5.75 Å². The maximum Gasteiger partial charge on any atom is 0.155 e. The smallest absolute Gasteiger partial charge is 0.155 e. The van der Waals surface area contributed by atoms with Crippen LogP contribution in [0.4, 0.5) is 0 Å². The molecule has 0 spiro atoms. The highest BCUT2D eigenvalue weighted by molar-refractivity contribution is 5.68. The summed E-state index contributed by atoms with van der Waals surface area (Å²) in [5.41, 5.74) is 5.98. The molecule has 1 aromatic carbocycles. The van der Waals surface area contributed by atoms with Gasteiger partial charge in [0.15, 0.2) is 5.65 Å². The van der Waals surface area contributed by atoms with Crippen molar-refractivity contribution >= 4 is 5.65 Å². The normalized spacial score (nSPS) is 17.4. The molecule has 152 valence electrons. The van der Waals surface area contributed by atoms with Gasteiger partial charge in [0.2, 0.25) is 0 Å². The molecule has 0 unspecified atom stereocenters. The molecule has 3 heterocycles. The molecule has 29 heavy (non-hydrogen) atoms. The van der Waals surface area contributed by atoms with Crippen molar-refractivity contribution in [3.63, 3.8) is 0 Å². The molecule has 0 amide bonds. The van der Waals surface area contributed by atoms with Crippen LogP contribution < -0.4 is 4.74 Å². The number of aryl methyl sites for hydroxylation is 1. The van der Waals surface area contributed by atoms with Crippen LogP contribution in [0.25, 0.3) is 16.9 Å². The fraction of sp³-hybridized carbons (Fsp3) is 0.500. The third-order valence-corrected chi connectivity index (χ3v) is 6.27. The van der Waals surface area contributed by atoms with Gasteiger partial charge in [0.05, 0.1) is 18.5 Å². The van der Waals surface area contributed by atoms with Crippen molar-refractivity contribution in [3.05, 3.63) is 47.8 Å². The SMILES string of the molecule is c1cc2nc3c(c(-c4ccc(OCCCN5CCCC5)cc4)n2n1)CCCCC3. The zero-order chi connectivity index (χ0) is 19.5. The highest BCUT2D eigenvalue weighted by atomic mass is 16.5. The number of fused-ring (bicyclic) bond motifs is 2. The van der Waals surface area contributed by atoms with Crippen molar-refractivity contribution in [1.82, 2.24) is 19.5 Å². The number of hydrogen-bond donors (Lipinski definition) is 0. The average molecular weight is 391 g/mol. The Morgan fingerprint density at radius 1 is 0.897 bits per heavy atom. The van der Waals surface area contributed by atoms with Gasteiger partial charge in [-0.2, -0.15) is 5.10 Å². The number of benzene rings is 1. The molecule has 2 aliphatic rings. The fourth-order valence-corrected chi connectivity index (χ4v) is 4.75. The van der Waals surface area contributed by atoms with E-state index in [2.05, 4.69) is 34.3 Å². The van der Waals surface area contributed by atoms with Gasteiger partial charge in [-0.05, 0) is 82.3 Å². The molecule has 0 atom stereocenters. The third kappa shape index (κ3) is 4.01. The minimum Gasteiger partial charge on any atom is -0.494 e. The molecule has 1 fully saturated rings. The second-order valence-corrected chi connectivity index (χ2v) is 8.32. The molecule has 0 bridgehead atoms. The summed E-state index contributed by atoms with van der Waals surface area (Å²) in [5, 5.41) is 4.57. The van der Waals surface area contributed by atoms with Crippen LogP contribution in [0.2, 0.25) is 0 Å². The number of nitrogens with zero attached hydrogens (tertiary/aromatic N) is 4. The van der Waals surface area contributed by atoms with Gasteiger partial charge in [0, 0.05) is 29.4 Å². The van der Waals surface area contributed by atoms with Crippen molar-refractivity contribution in [2.24, 2.45) is 0 Å². The Labute approximate surface area is 172 Å². The minimum atomic E-state index is 0.782. The molecule has 0 saturated carbocycles. The molecule has 1 aliphatic heterocycles. The van der Waals surface area contributed by atoms with Gasteiger partial charge in [-0.15, -0.1) is 0 Å². The molecule has 1 saturated heterocycles. The number of hydrogen-bond acceptors (Lipinski definition) is 4. The van der Waals surface area contributed by atoms with Gasteiger partial charge in [0.25, 0.3) is 0 Å². The number of aromatic nitrogens is 3. The quantitative estimate of drug-likeness (QED) is 0.458. The summed E-state index contributed by atoms with van der Waals surface area (Å²) in [6, 6.07) is 10.6. The Morgan fingerprint density at radius 3 is 2.59 bits per heavy atom. The number of rotatable bonds is 6. The lowest BCUT2D eigenvalue weighted by molar-refractivity contribution is 0.263. The summed E-state index contributed by atoms with van der Waals surface area (Å²) >= 11 is 0. The molecule has 5 nitrogen and oxygen atoms in total. The number of ether oxygens (including phenoxy) is 1. The first-order valence-corrected chi connectivity index (χ1v) is 11.2. The van der Waals surface area contributed by atoms with Gasteiger partial charge in [0.1, 0.15) is 5.75 Å². The molecule has 5 heteroatoms. The maximum atomic E-state index is 6.00. The molecule has 0 N–H and O–H groups in total. The van der Waals surface area contributed by atoms with E-state index in [-0.39, 0.29) is 0 Å². The summed E-state index contributed by atoms with van der Waals surface area (Å²) in [6.45, 7) is 4.45. The topological polar surface area (TPSA) is 42.7 Å². The van der Waals surface area contributed by atoms with Gasteiger partial charge in [-0.1, -0.05) is 6.42 Å². The zero-order valence-corrected chi connectivity index (χ0v) is 17.1. The molecule has 3 aromatic rings. The van der Waals surface area contributed by atoms with Crippen molar-refractivity contribution < 1.29 is 4.74 Å². The van der Waals surface area contributed by atoms with Gasteiger partial charge >= 0.3 is 0 Å². The minimum absolute atomic E-state index is 0.782. The maximum absolute atomic E-state index is 6.00. The molecule has 1 aliphatic carbocycles. The number of likely N-dealkylation sites (tertiary alicyclic amines) is 1. The second-order valence-electron chi connectivity index (χ2n) is 8.32. The molecule has 2 aromatic heterocycles. The Kier molecular flexibility index (Phi) is 5.48. The van der Waals surface area contributed by atoms with Crippen LogP contribution in [0, 0.1) is 0 Å². The third-order valence-electron chi connectivity index (χ3n) is 6.27. The van der Waals surface area contributed by atoms with Gasteiger partial charge < -0.3 is 9.64 Å². The largest absolute Gasteiger partial charge is 0.494 e. The van der Waals surface area contributed by atoms with E-state index in [9.17, 15) is 0 Å². The molecule has 0 radical (unpaired) electrons. The van der Waals surface area contributed by atoms with E-state index >= 15 is 0 Å². The van der Waals surface area contributed by atoms with E-state index in [1.54, 1.807) is 0 Å². The summed E-state index contributed by atoms with van der Waals surface area (Å²) in [6.07, 6.45) is 11.5. The highest BCUT2D eigenvalue weighted by Gasteiger charge is 2.19. The summed E-state index contributed by atoms with van der Waals surface area (Å²) in [4.78, 5) is 7.43. The van der Waals surface area contributed by atoms with E-state index in [0.29, 0.717) is 0 Å². The summed E-state index contributed by atoms with van der Waals surface area (Å²) in [5.74, 6) is 0.951. The second kappa shape index (κ2) is 8.54. The predicted octanol–water partition coefficient (Wildman–Crippen LogP) is 4.53. The Morgan fingerprint density at radius 2 is 1.72 bits per heavy atom. The fourth-order valence-electron chi connectivity index (χ4n) is 4.75. The molecular formula is C24H30N4O. The Bertz CT molecular complexity index is 957. The van der Waals surface area contributed by atoms with E-state index < -0.39 is 0 Å². The van der Waals surface area contributed by atoms with Crippen LogP contribution in [0.3, 0.4) is 0 Å². The average Bonchev–Trinajstić information content (AvgIpc) is 3.38. The van der Waals surface area contributed by atoms with Crippen LogP contribution in [0.15, 0.2) is 36.5 Å². The van der Waals surface area contributed by atoms with Gasteiger partial charge in [-0.3, -0.25) is 0 Å². The lowest BCUT2D eigenvalue weighted by Crippen LogP contribution is -2.21. The lowest BCUT2D eigenvalue weighted by Gasteiger charge is -2.16. The monoisotopic (exact) mass is 390 g/mol. The first-order chi connectivity index (χ1) is 14.4. The zero-order valence-electron chi connectivity index (χ0n) is 17.1. The van der Waals surface area contributed by atoms with Crippen molar-refractivity contribution in [2.75, 3.05) is 26.2 Å². The first-order valence-electron chi connectivity index (χ1n) is 11.2. The molecule has 5 rings (SSSR count). The Balaban J connectivity index is 1.34. The Hall–Kier alpha value is -2.40. The summed E-state index contributed by atoms with van der Waals surface area (Å²) < 4.78 is 8.01. The van der Waals surface area contributed by atoms with Crippen molar-refractivity contribution in [2.45, 2.75) is 51.4 Å².